The van der Waals surface area contributed by atoms with Crippen molar-refractivity contribution in [1.82, 2.24) is 10.6 Å². The predicted octanol–water partition coefficient (Wildman–Crippen LogP) is 0.635. The first-order valence-electron chi connectivity index (χ1n) is 6.30. The van der Waals surface area contributed by atoms with Crippen molar-refractivity contribution in [1.29, 1.82) is 0 Å². The van der Waals surface area contributed by atoms with Crippen molar-refractivity contribution in [3.63, 3.8) is 0 Å². The standard InChI is InChI=1S/C14H20N2O4/c1-10(11-4-6-12(20-3)7-5-11)16-14(18)13(17)15-8-9-19-2/h4-7,10H,8-9H2,1-3H3,(H,15,17)(H,16,18). The zero-order valence-electron chi connectivity index (χ0n) is 11.9. The van der Waals surface area contributed by atoms with Crippen LogP contribution in [0, 0.1) is 0 Å². The van der Waals surface area contributed by atoms with E-state index >= 15 is 0 Å². The van der Waals surface area contributed by atoms with Gasteiger partial charge in [0.25, 0.3) is 0 Å². The largest absolute Gasteiger partial charge is 0.497 e. The zero-order chi connectivity index (χ0) is 15.0. The quantitative estimate of drug-likeness (QED) is 0.592. The highest BCUT2D eigenvalue weighted by atomic mass is 16.5. The molecule has 0 heterocycles. The van der Waals surface area contributed by atoms with E-state index in [-0.39, 0.29) is 6.04 Å². The highest BCUT2D eigenvalue weighted by molar-refractivity contribution is 6.35. The second-order valence-corrected chi connectivity index (χ2v) is 4.22. The van der Waals surface area contributed by atoms with E-state index in [9.17, 15) is 9.59 Å². The van der Waals surface area contributed by atoms with Gasteiger partial charge in [-0.15, -0.1) is 0 Å². The lowest BCUT2D eigenvalue weighted by atomic mass is 10.1. The number of carbonyl (C=O) groups is 2. The predicted molar refractivity (Wildman–Crippen MR) is 74.4 cm³/mol. The summed E-state index contributed by atoms with van der Waals surface area (Å²) in [5.74, 6) is -0.587. The van der Waals surface area contributed by atoms with Crippen LogP contribution in [0.4, 0.5) is 0 Å². The third-order valence-corrected chi connectivity index (χ3v) is 2.76. The van der Waals surface area contributed by atoms with E-state index in [1.54, 1.807) is 19.2 Å². The summed E-state index contributed by atoms with van der Waals surface area (Å²) in [7, 11) is 3.11. The topological polar surface area (TPSA) is 76.7 Å². The van der Waals surface area contributed by atoms with Crippen molar-refractivity contribution in [2.45, 2.75) is 13.0 Å². The summed E-state index contributed by atoms with van der Waals surface area (Å²) in [6.07, 6.45) is 0. The number of nitrogens with one attached hydrogen (secondary N) is 2. The Balaban J connectivity index is 2.49. The van der Waals surface area contributed by atoms with Gasteiger partial charge in [0.1, 0.15) is 5.75 Å². The molecular weight excluding hydrogens is 260 g/mol. The van der Waals surface area contributed by atoms with Crippen LogP contribution in [0.1, 0.15) is 18.5 Å². The van der Waals surface area contributed by atoms with Crippen molar-refractivity contribution < 1.29 is 19.1 Å². The average molecular weight is 280 g/mol. The second kappa shape index (κ2) is 8.16. The van der Waals surface area contributed by atoms with E-state index in [4.69, 9.17) is 9.47 Å². The number of hydrogen-bond donors (Lipinski definition) is 2. The smallest absolute Gasteiger partial charge is 0.309 e. The Labute approximate surface area is 118 Å². The van der Waals surface area contributed by atoms with Crippen LogP contribution in [0.5, 0.6) is 5.75 Å². The fourth-order valence-electron chi connectivity index (χ4n) is 1.59. The first-order chi connectivity index (χ1) is 9.58. The van der Waals surface area contributed by atoms with Gasteiger partial charge >= 0.3 is 11.8 Å². The number of rotatable bonds is 6. The molecule has 0 radical (unpaired) electrons. The molecule has 6 nitrogen and oxygen atoms in total. The van der Waals surface area contributed by atoms with Crippen LogP contribution in [-0.4, -0.2) is 39.2 Å². The van der Waals surface area contributed by atoms with Crippen LogP contribution in [0.2, 0.25) is 0 Å². The molecule has 1 atom stereocenters. The summed E-state index contributed by atoms with van der Waals surface area (Å²) in [6, 6.07) is 7.02. The van der Waals surface area contributed by atoms with Crippen LogP contribution >= 0.6 is 0 Å². The maximum absolute atomic E-state index is 11.7. The number of ether oxygens (including phenoxy) is 2. The number of hydrogen-bond acceptors (Lipinski definition) is 4. The molecule has 0 aliphatic heterocycles. The molecule has 1 unspecified atom stereocenters. The Kier molecular flexibility index (Phi) is 6.52. The Morgan fingerprint density at radius 3 is 2.35 bits per heavy atom. The van der Waals surface area contributed by atoms with Gasteiger partial charge in [0.15, 0.2) is 0 Å². The van der Waals surface area contributed by atoms with Crippen LogP contribution in [0.3, 0.4) is 0 Å². The van der Waals surface area contributed by atoms with Gasteiger partial charge in [-0.3, -0.25) is 9.59 Å². The Hall–Kier alpha value is -2.08. The maximum atomic E-state index is 11.7. The van der Waals surface area contributed by atoms with Gasteiger partial charge in [0.2, 0.25) is 0 Å². The molecule has 0 saturated carbocycles. The molecule has 0 bridgehead atoms. The molecule has 20 heavy (non-hydrogen) atoms. The van der Waals surface area contributed by atoms with Crippen molar-refractivity contribution in [3.05, 3.63) is 29.8 Å². The normalized spacial score (nSPS) is 11.6. The van der Waals surface area contributed by atoms with Crippen LogP contribution in [-0.2, 0) is 14.3 Å². The molecule has 0 aliphatic carbocycles. The minimum atomic E-state index is -0.664. The second-order valence-electron chi connectivity index (χ2n) is 4.22. The molecule has 1 aromatic rings. The van der Waals surface area contributed by atoms with Crippen molar-refractivity contribution >= 4 is 11.8 Å². The van der Waals surface area contributed by atoms with Gasteiger partial charge < -0.3 is 20.1 Å². The van der Waals surface area contributed by atoms with E-state index in [0.29, 0.717) is 13.2 Å². The zero-order valence-corrected chi connectivity index (χ0v) is 11.9. The van der Waals surface area contributed by atoms with Gasteiger partial charge in [0, 0.05) is 13.7 Å². The monoisotopic (exact) mass is 280 g/mol. The average Bonchev–Trinajstić information content (AvgIpc) is 2.47. The van der Waals surface area contributed by atoms with E-state index < -0.39 is 11.8 Å². The number of benzene rings is 1. The summed E-state index contributed by atoms with van der Waals surface area (Å²) < 4.78 is 9.85. The summed E-state index contributed by atoms with van der Waals surface area (Å²) in [4.78, 5) is 23.1. The lowest BCUT2D eigenvalue weighted by molar-refractivity contribution is -0.139. The van der Waals surface area contributed by atoms with Crippen LogP contribution in [0.25, 0.3) is 0 Å². The van der Waals surface area contributed by atoms with E-state index in [1.165, 1.54) is 7.11 Å². The number of carbonyl (C=O) groups excluding carboxylic acids is 2. The number of amides is 2. The molecule has 1 aromatic carbocycles. The summed E-state index contributed by atoms with van der Waals surface area (Å²) in [5, 5.41) is 5.09. The van der Waals surface area contributed by atoms with Crippen LogP contribution < -0.4 is 15.4 Å². The summed E-state index contributed by atoms with van der Waals surface area (Å²) in [6.45, 7) is 2.48. The number of methoxy groups -OCH3 is 2. The van der Waals surface area contributed by atoms with Crippen molar-refractivity contribution in [3.8, 4) is 5.75 Å². The van der Waals surface area contributed by atoms with Crippen molar-refractivity contribution in [2.24, 2.45) is 0 Å². The molecule has 0 fully saturated rings. The fraction of sp³-hybridized carbons (Fsp3) is 0.429. The van der Waals surface area contributed by atoms with E-state index in [0.717, 1.165) is 11.3 Å². The highest BCUT2D eigenvalue weighted by Crippen LogP contribution is 2.16. The van der Waals surface area contributed by atoms with Gasteiger partial charge in [-0.25, -0.2) is 0 Å². The van der Waals surface area contributed by atoms with Gasteiger partial charge in [-0.2, -0.15) is 0 Å². The van der Waals surface area contributed by atoms with Crippen LogP contribution in [0.15, 0.2) is 24.3 Å². The highest BCUT2D eigenvalue weighted by Gasteiger charge is 2.16. The third-order valence-electron chi connectivity index (χ3n) is 2.76. The van der Waals surface area contributed by atoms with Gasteiger partial charge in [0.05, 0.1) is 19.8 Å². The molecule has 0 saturated heterocycles. The molecule has 1 rings (SSSR count). The van der Waals surface area contributed by atoms with Crippen molar-refractivity contribution in [2.75, 3.05) is 27.4 Å². The molecule has 0 aromatic heterocycles. The summed E-state index contributed by atoms with van der Waals surface area (Å²) in [5.41, 5.74) is 0.892. The lowest BCUT2D eigenvalue weighted by Gasteiger charge is -2.14. The molecule has 0 aliphatic rings. The first-order valence-corrected chi connectivity index (χ1v) is 6.30. The maximum Gasteiger partial charge on any atom is 0.309 e. The van der Waals surface area contributed by atoms with Gasteiger partial charge in [-0.05, 0) is 24.6 Å². The van der Waals surface area contributed by atoms with E-state index in [2.05, 4.69) is 10.6 Å². The fourth-order valence-corrected chi connectivity index (χ4v) is 1.59. The molecular formula is C14H20N2O4. The van der Waals surface area contributed by atoms with E-state index in [1.807, 2.05) is 19.1 Å². The SMILES string of the molecule is COCCNC(=O)C(=O)NC(C)c1ccc(OC)cc1. The Bertz CT molecular complexity index is 445. The molecule has 6 heteroatoms. The molecule has 2 N–H and O–H groups in total. The Morgan fingerprint density at radius 2 is 1.80 bits per heavy atom. The third kappa shape index (κ3) is 4.89. The Morgan fingerprint density at radius 1 is 1.15 bits per heavy atom. The minimum Gasteiger partial charge on any atom is -0.497 e. The molecule has 2 amide bonds. The molecule has 110 valence electrons. The molecule has 0 spiro atoms. The first kappa shape index (κ1) is 16.0. The van der Waals surface area contributed by atoms with Gasteiger partial charge in [-0.1, -0.05) is 12.1 Å². The minimum absolute atomic E-state index is 0.262. The summed E-state index contributed by atoms with van der Waals surface area (Å²) >= 11 is 0. The lowest BCUT2D eigenvalue weighted by Crippen LogP contribution is -2.41.